The highest BCUT2D eigenvalue weighted by Gasteiger charge is 2.57. The molecule has 1 amide bonds. The fraction of sp³-hybridized carbons (Fsp3) is 0.632. The summed E-state index contributed by atoms with van der Waals surface area (Å²) in [6, 6.07) is 6.84. The number of nitrogens with zero attached hydrogens (tertiary/aromatic N) is 1. The lowest BCUT2D eigenvalue weighted by Crippen LogP contribution is -2.67. The van der Waals surface area contributed by atoms with Gasteiger partial charge in [0.15, 0.2) is 11.5 Å². The van der Waals surface area contributed by atoms with Crippen molar-refractivity contribution in [3.05, 3.63) is 23.8 Å². The minimum atomic E-state index is 0.0421. The number of ether oxygens (including phenoxy) is 2. The number of carbonyl (C=O) groups excluding carboxylic acids is 1. The first-order valence-corrected chi connectivity index (χ1v) is 8.76. The van der Waals surface area contributed by atoms with E-state index >= 15 is 0 Å². The Morgan fingerprint density at radius 3 is 2.58 bits per heavy atom. The smallest absolute Gasteiger partial charge is 0.222 e. The van der Waals surface area contributed by atoms with E-state index < -0.39 is 0 Å². The van der Waals surface area contributed by atoms with Crippen LogP contribution in [0, 0.1) is 0 Å². The summed E-state index contributed by atoms with van der Waals surface area (Å²) in [7, 11) is 5.58. The maximum atomic E-state index is 11.5. The number of carbonyl (C=O) groups is 1. The highest BCUT2D eigenvalue weighted by atomic mass is 16.5. The van der Waals surface area contributed by atoms with Crippen molar-refractivity contribution >= 4 is 5.91 Å². The number of likely N-dealkylation sites (N-methyl/N-ethyl adjacent to an activating group) is 1. The van der Waals surface area contributed by atoms with Crippen LogP contribution in [0.15, 0.2) is 18.2 Å². The van der Waals surface area contributed by atoms with Crippen LogP contribution in [0.5, 0.6) is 11.5 Å². The number of methoxy groups -OCH3 is 2. The Morgan fingerprint density at radius 1 is 1.17 bits per heavy atom. The van der Waals surface area contributed by atoms with E-state index in [0.717, 1.165) is 43.7 Å². The van der Waals surface area contributed by atoms with E-state index in [0.29, 0.717) is 12.5 Å². The number of hydrogen-bond acceptors (Lipinski definition) is 4. The van der Waals surface area contributed by atoms with Gasteiger partial charge in [0.25, 0.3) is 0 Å². The summed E-state index contributed by atoms with van der Waals surface area (Å²) in [5.41, 5.74) is 1.54. The molecule has 3 unspecified atom stereocenters. The van der Waals surface area contributed by atoms with E-state index in [1.807, 2.05) is 6.07 Å². The fourth-order valence-electron chi connectivity index (χ4n) is 5.18. The molecule has 0 radical (unpaired) electrons. The van der Waals surface area contributed by atoms with Gasteiger partial charge >= 0.3 is 0 Å². The Labute approximate surface area is 143 Å². The summed E-state index contributed by atoms with van der Waals surface area (Å²) in [5.74, 6) is 1.78. The third-order valence-electron chi connectivity index (χ3n) is 6.58. The zero-order chi connectivity index (χ0) is 16.9. The molecular formula is C19H26N2O3. The van der Waals surface area contributed by atoms with Crippen molar-refractivity contribution < 1.29 is 14.3 Å². The first-order valence-electron chi connectivity index (χ1n) is 8.76. The van der Waals surface area contributed by atoms with Gasteiger partial charge in [-0.2, -0.15) is 0 Å². The molecular weight excluding hydrogens is 304 g/mol. The molecule has 130 valence electrons. The van der Waals surface area contributed by atoms with Crippen molar-refractivity contribution in [2.45, 2.75) is 49.1 Å². The van der Waals surface area contributed by atoms with E-state index in [2.05, 4.69) is 29.4 Å². The zero-order valence-corrected chi connectivity index (χ0v) is 14.7. The van der Waals surface area contributed by atoms with Crippen molar-refractivity contribution in [1.82, 2.24) is 10.2 Å². The molecule has 5 nitrogen and oxygen atoms in total. The van der Waals surface area contributed by atoms with Gasteiger partial charge in [0.1, 0.15) is 0 Å². The summed E-state index contributed by atoms with van der Waals surface area (Å²) in [6.07, 6.45) is 5.08. The molecule has 2 saturated heterocycles. The molecule has 1 aromatic rings. The third kappa shape index (κ3) is 2.14. The highest BCUT2D eigenvalue weighted by Crippen LogP contribution is 2.53. The van der Waals surface area contributed by atoms with Crippen LogP contribution in [0.4, 0.5) is 0 Å². The molecule has 0 aromatic heterocycles. The summed E-state index contributed by atoms with van der Waals surface area (Å²) in [6.45, 7) is 1.10. The van der Waals surface area contributed by atoms with Gasteiger partial charge in [-0.1, -0.05) is 6.07 Å². The van der Waals surface area contributed by atoms with Crippen LogP contribution >= 0.6 is 0 Å². The maximum Gasteiger partial charge on any atom is 0.222 e. The second-order valence-corrected chi connectivity index (χ2v) is 7.68. The summed E-state index contributed by atoms with van der Waals surface area (Å²) < 4.78 is 10.9. The average Bonchev–Trinajstić information content (AvgIpc) is 2.91. The monoisotopic (exact) mass is 330 g/mol. The van der Waals surface area contributed by atoms with Gasteiger partial charge in [-0.25, -0.2) is 0 Å². The predicted octanol–water partition coefficient (Wildman–Crippen LogP) is 2.09. The van der Waals surface area contributed by atoms with Crippen LogP contribution in [0.3, 0.4) is 0 Å². The molecule has 0 bridgehead atoms. The van der Waals surface area contributed by atoms with Gasteiger partial charge in [0, 0.05) is 17.9 Å². The molecule has 1 saturated carbocycles. The summed E-state index contributed by atoms with van der Waals surface area (Å²) in [4.78, 5) is 14.0. The molecule has 4 rings (SSSR count). The van der Waals surface area contributed by atoms with E-state index in [1.54, 1.807) is 14.2 Å². The number of amides is 1. The number of benzene rings is 1. The summed E-state index contributed by atoms with van der Waals surface area (Å²) >= 11 is 0. The Morgan fingerprint density at radius 2 is 1.92 bits per heavy atom. The molecule has 1 spiro atoms. The van der Waals surface area contributed by atoms with Crippen LogP contribution in [0.25, 0.3) is 0 Å². The number of fused-ring (bicyclic) bond motifs is 1. The zero-order valence-electron chi connectivity index (χ0n) is 14.7. The first-order chi connectivity index (χ1) is 11.5. The van der Waals surface area contributed by atoms with Crippen molar-refractivity contribution in [1.29, 1.82) is 0 Å². The average molecular weight is 330 g/mol. The minimum absolute atomic E-state index is 0.0421. The first kappa shape index (κ1) is 15.8. The number of rotatable bonds is 3. The number of nitrogens with one attached hydrogen (secondary N) is 1. The maximum absolute atomic E-state index is 11.5. The van der Waals surface area contributed by atoms with Gasteiger partial charge in [-0.15, -0.1) is 0 Å². The lowest BCUT2D eigenvalue weighted by Gasteiger charge is -2.54. The fourth-order valence-corrected chi connectivity index (χ4v) is 5.18. The lowest BCUT2D eigenvalue weighted by molar-refractivity contribution is -0.135. The number of β-lactam (4-membered cyclic amide) rings is 1. The van der Waals surface area contributed by atoms with Crippen LogP contribution in [0.2, 0.25) is 0 Å². The molecule has 1 N–H and O–H groups in total. The second-order valence-electron chi connectivity index (χ2n) is 7.68. The molecule has 3 aliphatic rings. The summed E-state index contributed by atoms with van der Waals surface area (Å²) in [5, 5.41) is 3.19. The Bertz CT molecular complexity index is 667. The predicted molar refractivity (Wildman–Crippen MR) is 91.6 cm³/mol. The second kappa shape index (κ2) is 5.38. The van der Waals surface area contributed by atoms with E-state index in [-0.39, 0.29) is 16.9 Å². The van der Waals surface area contributed by atoms with Crippen molar-refractivity contribution in [3.8, 4) is 11.5 Å². The van der Waals surface area contributed by atoms with E-state index in [9.17, 15) is 4.79 Å². The van der Waals surface area contributed by atoms with Gasteiger partial charge in [0.05, 0.1) is 19.8 Å². The van der Waals surface area contributed by atoms with Crippen LogP contribution in [-0.2, 0) is 10.2 Å². The van der Waals surface area contributed by atoms with E-state index in [4.69, 9.17) is 9.47 Å². The number of hydrogen-bond donors (Lipinski definition) is 1. The highest BCUT2D eigenvalue weighted by molar-refractivity contribution is 5.84. The molecule has 5 heteroatoms. The molecule has 2 aliphatic heterocycles. The van der Waals surface area contributed by atoms with Crippen LogP contribution in [0.1, 0.15) is 37.7 Å². The quantitative estimate of drug-likeness (QED) is 0.862. The van der Waals surface area contributed by atoms with Gasteiger partial charge in [0.2, 0.25) is 5.91 Å². The molecule has 3 atom stereocenters. The SMILES string of the molecule is COc1ccc(C23CCN(C)C2CC2(CC3)CC(=O)N2)cc1OC. The standard InChI is InChI=1S/C19H26N2O3/c1-21-9-8-19(13-4-5-14(23-2)15(10-13)24-3)7-6-18(11-16(19)21)12-17(22)20-18/h4-5,10,16H,6-9,11-12H2,1-3H3,(H,20,22). The Hall–Kier alpha value is -1.75. The Balaban J connectivity index is 1.69. The minimum Gasteiger partial charge on any atom is -0.493 e. The molecule has 1 aliphatic carbocycles. The molecule has 2 heterocycles. The molecule has 24 heavy (non-hydrogen) atoms. The van der Waals surface area contributed by atoms with Gasteiger partial charge < -0.3 is 19.7 Å². The van der Waals surface area contributed by atoms with Crippen molar-refractivity contribution in [2.75, 3.05) is 27.8 Å². The number of likely N-dealkylation sites (tertiary alicyclic amines) is 1. The third-order valence-corrected chi connectivity index (χ3v) is 6.58. The lowest BCUT2D eigenvalue weighted by atomic mass is 9.59. The molecule has 3 fully saturated rings. The van der Waals surface area contributed by atoms with Crippen LogP contribution < -0.4 is 14.8 Å². The molecule has 1 aromatic carbocycles. The van der Waals surface area contributed by atoms with E-state index in [1.165, 1.54) is 5.56 Å². The van der Waals surface area contributed by atoms with Crippen LogP contribution in [-0.4, -0.2) is 50.2 Å². The van der Waals surface area contributed by atoms with Gasteiger partial charge in [-0.3, -0.25) is 4.79 Å². The normalized spacial score (nSPS) is 35.3. The topological polar surface area (TPSA) is 50.8 Å². The van der Waals surface area contributed by atoms with Crippen molar-refractivity contribution in [3.63, 3.8) is 0 Å². The van der Waals surface area contributed by atoms with Crippen molar-refractivity contribution in [2.24, 2.45) is 0 Å². The largest absolute Gasteiger partial charge is 0.493 e. The Kier molecular flexibility index (Phi) is 3.53. The van der Waals surface area contributed by atoms with Gasteiger partial charge in [-0.05, 0) is 57.0 Å².